The lowest BCUT2D eigenvalue weighted by molar-refractivity contribution is -0.147. The SMILES string of the molecule is O=C(NNC(=O)[C@H]1[C@@H](C(=O)O)[C@@]2(Cl)C(Cl)=C(Cl)[C@@]1(Cl)C2(Cl)Cl)c1ccco1. The molecule has 3 N–H and O–H groups in total. The maximum Gasteiger partial charge on any atom is 0.309 e. The van der Waals surface area contributed by atoms with Crippen molar-refractivity contribution in [3.63, 3.8) is 0 Å². The molecule has 2 amide bonds. The van der Waals surface area contributed by atoms with Crippen LogP contribution in [0, 0.1) is 11.8 Å². The number of rotatable bonds is 3. The molecule has 1 heterocycles. The first kappa shape index (κ1) is 20.9. The van der Waals surface area contributed by atoms with Gasteiger partial charge in [-0.05, 0) is 12.1 Å². The van der Waals surface area contributed by atoms with Gasteiger partial charge in [0.2, 0.25) is 5.91 Å². The number of nitrogens with one attached hydrogen (secondary N) is 2. The first-order valence-electron chi connectivity index (χ1n) is 7.10. The van der Waals surface area contributed by atoms with Crippen molar-refractivity contribution in [2.45, 2.75) is 14.1 Å². The van der Waals surface area contributed by atoms with Crippen molar-refractivity contribution in [1.82, 2.24) is 10.9 Å². The van der Waals surface area contributed by atoms with Crippen LogP contribution in [0.15, 0.2) is 32.9 Å². The van der Waals surface area contributed by atoms with E-state index in [1.807, 2.05) is 0 Å². The molecule has 2 aliphatic carbocycles. The van der Waals surface area contributed by atoms with E-state index < -0.39 is 43.7 Å². The summed E-state index contributed by atoms with van der Waals surface area (Å²) in [5, 5.41) is 8.93. The van der Waals surface area contributed by atoms with Crippen molar-refractivity contribution in [3.8, 4) is 0 Å². The highest BCUT2D eigenvalue weighted by molar-refractivity contribution is 6.66. The molecule has 1 fully saturated rings. The minimum atomic E-state index is -2.23. The van der Waals surface area contributed by atoms with E-state index in [1.54, 1.807) is 0 Å². The van der Waals surface area contributed by atoms with Crippen molar-refractivity contribution in [3.05, 3.63) is 34.2 Å². The average Bonchev–Trinajstić information content (AvgIpc) is 3.20. The number of furan rings is 1. The standard InChI is InChI=1S/C14H8Cl6N2O5/c15-7-8(16)13(18)6(11(25)26)5(12(7,17)14(13,19)20)10(24)22-21-9(23)4-2-1-3-27-4/h1-3,5-6H,(H,21,23)(H,22,24)(H,25,26)/t5-,6+,12-,13-/m1/s1. The van der Waals surface area contributed by atoms with E-state index in [9.17, 15) is 19.5 Å². The number of carbonyl (C=O) groups is 3. The number of alkyl halides is 4. The lowest BCUT2D eigenvalue weighted by Gasteiger charge is -2.33. The Morgan fingerprint density at radius 2 is 1.56 bits per heavy atom. The third-order valence-electron chi connectivity index (χ3n) is 4.53. The van der Waals surface area contributed by atoms with Gasteiger partial charge in [0.05, 0.1) is 28.2 Å². The van der Waals surface area contributed by atoms with Crippen LogP contribution in [-0.2, 0) is 9.59 Å². The average molecular weight is 497 g/mol. The number of carboxylic acids is 1. The first-order chi connectivity index (χ1) is 12.4. The summed E-state index contributed by atoms with van der Waals surface area (Å²) in [5.41, 5.74) is 4.11. The van der Waals surface area contributed by atoms with Crippen molar-refractivity contribution < 1.29 is 23.9 Å². The van der Waals surface area contributed by atoms with Gasteiger partial charge in [-0.2, -0.15) is 0 Å². The zero-order valence-corrected chi connectivity index (χ0v) is 17.3. The van der Waals surface area contributed by atoms with Crippen LogP contribution in [0.4, 0.5) is 0 Å². The molecule has 3 rings (SSSR count). The Bertz CT molecular complexity index is 871. The van der Waals surface area contributed by atoms with E-state index in [-0.39, 0.29) is 15.8 Å². The maximum absolute atomic E-state index is 12.7. The third kappa shape index (κ3) is 2.52. The summed E-state index contributed by atoms with van der Waals surface area (Å²) >= 11 is 37.6. The number of carboxylic acid groups (broad SMARTS) is 1. The lowest BCUT2D eigenvalue weighted by atomic mass is 9.81. The minimum Gasteiger partial charge on any atom is -0.481 e. The summed E-state index contributed by atoms with van der Waals surface area (Å²) < 4.78 is 2.64. The fraction of sp³-hybridized carbons (Fsp3) is 0.357. The van der Waals surface area contributed by atoms with Gasteiger partial charge in [-0.3, -0.25) is 25.2 Å². The molecule has 1 saturated carbocycles. The van der Waals surface area contributed by atoms with Crippen LogP contribution in [0.3, 0.4) is 0 Å². The highest BCUT2D eigenvalue weighted by Gasteiger charge is 2.85. The Hall–Kier alpha value is -0.830. The monoisotopic (exact) mass is 494 g/mol. The van der Waals surface area contributed by atoms with E-state index in [0.717, 1.165) is 0 Å². The first-order valence-corrected chi connectivity index (χ1v) is 9.37. The number of fused-ring (bicyclic) bond motifs is 2. The summed E-state index contributed by atoms with van der Waals surface area (Å²) in [6.07, 6.45) is 1.25. The number of carbonyl (C=O) groups excluding carboxylic acids is 2. The van der Waals surface area contributed by atoms with Gasteiger partial charge in [0.15, 0.2) is 10.1 Å². The van der Waals surface area contributed by atoms with Gasteiger partial charge in [0.1, 0.15) is 9.75 Å². The second kappa shape index (κ2) is 6.61. The Balaban J connectivity index is 1.95. The minimum absolute atomic E-state index is 0.0996. The van der Waals surface area contributed by atoms with Crippen LogP contribution in [0.2, 0.25) is 0 Å². The fourth-order valence-electron chi connectivity index (χ4n) is 3.29. The lowest BCUT2D eigenvalue weighted by Crippen LogP contribution is -2.53. The Morgan fingerprint density at radius 1 is 1.00 bits per heavy atom. The van der Waals surface area contributed by atoms with E-state index in [0.29, 0.717) is 0 Å². The molecule has 4 atom stereocenters. The smallest absolute Gasteiger partial charge is 0.309 e. The zero-order chi connectivity index (χ0) is 20.4. The van der Waals surface area contributed by atoms with Crippen LogP contribution in [0.1, 0.15) is 10.6 Å². The van der Waals surface area contributed by atoms with Crippen LogP contribution in [0.25, 0.3) is 0 Å². The Kier molecular flexibility index (Phi) is 5.11. The van der Waals surface area contributed by atoms with E-state index in [4.69, 9.17) is 74.0 Å². The van der Waals surface area contributed by atoms with Crippen LogP contribution in [-0.4, -0.2) is 37.0 Å². The maximum atomic E-state index is 12.7. The second-order valence-corrected chi connectivity index (χ2v) is 9.12. The summed E-state index contributed by atoms with van der Waals surface area (Å²) in [4.78, 5) is 32.1. The Labute approximate surface area is 181 Å². The predicted molar refractivity (Wildman–Crippen MR) is 99.3 cm³/mol. The Morgan fingerprint density at radius 3 is 2.04 bits per heavy atom. The molecule has 2 bridgehead atoms. The summed E-state index contributed by atoms with van der Waals surface area (Å²) in [6.45, 7) is 0. The van der Waals surface area contributed by atoms with Gasteiger partial charge in [0.25, 0.3) is 0 Å². The second-order valence-electron chi connectivity index (χ2n) is 5.84. The number of aliphatic carboxylic acids is 1. The highest BCUT2D eigenvalue weighted by Crippen LogP contribution is 2.76. The molecule has 0 unspecified atom stereocenters. The van der Waals surface area contributed by atoms with E-state index in [1.165, 1.54) is 18.4 Å². The molecule has 7 nitrogen and oxygen atoms in total. The van der Waals surface area contributed by atoms with E-state index in [2.05, 4.69) is 10.9 Å². The van der Waals surface area contributed by atoms with Crippen molar-refractivity contribution in [1.29, 1.82) is 0 Å². The summed E-state index contributed by atoms with van der Waals surface area (Å²) in [5.74, 6) is -6.85. The van der Waals surface area contributed by atoms with Gasteiger partial charge >= 0.3 is 11.9 Å². The molecule has 2 aliphatic rings. The van der Waals surface area contributed by atoms with Crippen molar-refractivity contribution in [2.75, 3.05) is 0 Å². The van der Waals surface area contributed by atoms with Crippen LogP contribution in [0.5, 0.6) is 0 Å². The largest absolute Gasteiger partial charge is 0.481 e. The predicted octanol–water partition coefficient (Wildman–Crippen LogP) is 3.20. The summed E-state index contributed by atoms with van der Waals surface area (Å²) in [6, 6.07) is 2.80. The molecular formula is C14H8Cl6N2O5. The topological polar surface area (TPSA) is 109 Å². The molecular weight excluding hydrogens is 489 g/mol. The van der Waals surface area contributed by atoms with Crippen LogP contribution >= 0.6 is 69.6 Å². The molecule has 0 saturated heterocycles. The van der Waals surface area contributed by atoms with Gasteiger partial charge in [-0.15, -0.1) is 23.2 Å². The zero-order valence-electron chi connectivity index (χ0n) is 12.7. The van der Waals surface area contributed by atoms with Gasteiger partial charge in [-0.1, -0.05) is 46.4 Å². The quantitative estimate of drug-likeness (QED) is 0.440. The molecule has 27 heavy (non-hydrogen) atoms. The van der Waals surface area contributed by atoms with E-state index >= 15 is 0 Å². The van der Waals surface area contributed by atoms with Crippen molar-refractivity contribution >= 4 is 87.4 Å². The fourth-order valence-corrected chi connectivity index (χ4v) is 6.23. The number of amides is 2. The molecule has 0 radical (unpaired) electrons. The molecule has 146 valence electrons. The van der Waals surface area contributed by atoms with Gasteiger partial charge in [-0.25, -0.2) is 0 Å². The van der Waals surface area contributed by atoms with Crippen LogP contribution < -0.4 is 10.9 Å². The summed E-state index contributed by atoms with van der Waals surface area (Å²) in [7, 11) is 0. The molecule has 13 heteroatoms. The molecule has 1 aromatic heterocycles. The van der Waals surface area contributed by atoms with Crippen molar-refractivity contribution in [2.24, 2.45) is 11.8 Å². The van der Waals surface area contributed by atoms with Gasteiger partial charge < -0.3 is 9.52 Å². The van der Waals surface area contributed by atoms with Gasteiger partial charge in [0, 0.05) is 0 Å². The normalized spacial score (nSPS) is 33.9. The molecule has 0 spiro atoms. The molecule has 0 aliphatic heterocycles. The number of halogens is 6. The number of hydrogen-bond donors (Lipinski definition) is 3. The molecule has 1 aromatic rings. The molecule has 0 aromatic carbocycles. The number of hydrazine groups is 1. The number of hydrogen-bond acceptors (Lipinski definition) is 4. The third-order valence-corrected chi connectivity index (χ3v) is 8.79. The number of allylic oxidation sites excluding steroid dienone is 2. The highest BCUT2D eigenvalue weighted by atomic mass is 35.5.